The quantitative estimate of drug-likeness (QED) is 0.440. The number of aromatic amines is 1. The van der Waals surface area contributed by atoms with Gasteiger partial charge in [-0.15, -0.1) is 3.89 Å². The van der Waals surface area contributed by atoms with Crippen LogP contribution in [0.1, 0.15) is 26.3 Å². The molecule has 9 heteroatoms. The third-order valence-electron chi connectivity index (χ3n) is 3.79. The van der Waals surface area contributed by atoms with Gasteiger partial charge in [0, 0.05) is 22.8 Å². The maximum atomic E-state index is 13.2. The zero-order valence-electron chi connectivity index (χ0n) is 13.3. The van der Waals surface area contributed by atoms with Crippen LogP contribution in [0, 0.1) is 5.92 Å². The molecule has 0 aliphatic rings. The molecule has 0 fully saturated rings. The van der Waals surface area contributed by atoms with Crippen LogP contribution in [0.15, 0.2) is 41.8 Å². The second-order valence-corrected chi connectivity index (χ2v) is 8.57. The van der Waals surface area contributed by atoms with Crippen LogP contribution in [0.3, 0.4) is 0 Å². The van der Waals surface area contributed by atoms with Crippen molar-refractivity contribution in [2.45, 2.75) is 30.7 Å². The summed E-state index contributed by atoms with van der Waals surface area (Å²) >= 11 is 1.54. The molecule has 0 aliphatic carbocycles. The van der Waals surface area contributed by atoms with E-state index in [4.69, 9.17) is 0 Å². The lowest BCUT2D eigenvalue weighted by Crippen LogP contribution is -2.24. The van der Waals surface area contributed by atoms with Crippen LogP contribution >= 0.6 is 11.8 Å². The average molecular weight is 377 g/mol. The summed E-state index contributed by atoms with van der Waals surface area (Å²) in [6.45, 7) is 6.16. The maximum Gasteiger partial charge on any atom is 0.370 e. The highest BCUT2D eigenvalue weighted by atomic mass is 32.3. The summed E-state index contributed by atoms with van der Waals surface area (Å²) in [5.74, 6) is 0.230. The molecule has 0 aliphatic heterocycles. The van der Waals surface area contributed by atoms with Crippen molar-refractivity contribution in [2.75, 3.05) is 4.72 Å². The summed E-state index contributed by atoms with van der Waals surface area (Å²) in [6, 6.07) is 6.26. The van der Waals surface area contributed by atoms with Crippen LogP contribution in [0.4, 0.5) is 18.4 Å². The maximum absolute atomic E-state index is 13.2. The second-order valence-electron chi connectivity index (χ2n) is 5.65. The Labute approximate surface area is 143 Å². The molecule has 2 atom stereocenters. The number of hydrogen-bond acceptors (Lipinski definition) is 3. The third-order valence-corrected chi connectivity index (χ3v) is 6.23. The Balaban J connectivity index is 2.30. The molecule has 1 aromatic heterocycles. The van der Waals surface area contributed by atoms with Crippen molar-refractivity contribution in [3.63, 3.8) is 0 Å². The third kappa shape index (κ3) is 4.07. The SMILES string of the molecule is CC(C)C(C)(Sc1ncc[nH]1)c1ccc(NS(=O)(F)=C(F)F)cc1. The largest absolute Gasteiger partial charge is 0.370 e. The molecule has 132 valence electrons. The van der Waals surface area contributed by atoms with E-state index in [1.54, 1.807) is 41.0 Å². The van der Waals surface area contributed by atoms with Crippen molar-refractivity contribution in [3.8, 4) is 0 Å². The first kappa shape index (κ1) is 18.7. The van der Waals surface area contributed by atoms with Gasteiger partial charge in [0.05, 0.1) is 0 Å². The van der Waals surface area contributed by atoms with E-state index < -0.39 is 15.5 Å². The number of benzene rings is 1. The number of aromatic nitrogens is 2. The Morgan fingerprint density at radius 2 is 1.96 bits per heavy atom. The lowest BCUT2D eigenvalue weighted by Gasteiger charge is -2.33. The molecule has 2 rings (SSSR count). The average Bonchev–Trinajstić information content (AvgIpc) is 2.99. The highest BCUT2D eigenvalue weighted by Crippen LogP contribution is 2.45. The fraction of sp³-hybridized carbons (Fsp3) is 0.333. The van der Waals surface area contributed by atoms with Gasteiger partial charge in [-0.25, -0.2) is 9.19 Å². The summed E-state index contributed by atoms with van der Waals surface area (Å²) in [7, 11) is -4.99. The summed E-state index contributed by atoms with van der Waals surface area (Å²) in [5.41, 5.74) is 0.938. The Kier molecular flexibility index (Phi) is 5.54. The zero-order chi connectivity index (χ0) is 18.0. The van der Waals surface area contributed by atoms with Crippen molar-refractivity contribution in [1.29, 1.82) is 0 Å². The fourth-order valence-corrected chi connectivity index (χ4v) is 3.73. The molecule has 1 aromatic carbocycles. The van der Waals surface area contributed by atoms with E-state index in [9.17, 15) is 16.9 Å². The van der Waals surface area contributed by atoms with Gasteiger partial charge in [0.2, 0.25) is 0 Å². The van der Waals surface area contributed by atoms with Gasteiger partial charge >= 0.3 is 5.37 Å². The predicted octanol–water partition coefficient (Wildman–Crippen LogP) is 4.60. The van der Waals surface area contributed by atoms with Gasteiger partial charge in [-0.1, -0.05) is 37.7 Å². The number of rotatable bonds is 6. The summed E-state index contributed by atoms with van der Waals surface area (Å²) in [4.78, 5) is 7.25. The number of thioether (sulfide) groups is 1. The highest BCUT2D eigenvalue weighted by Gasteiger charge is 2.32. The molecule has 24 heavy (non-hydrogen) atoms. The number of halogens is 3. The minimum Gasteiger partial charge on any atom is -0.340 e. The zero-order valence-corrected chi connectivity index (χ0v) is 15.0. The Bertz CT molecular complexity index is 796. The van der Waals surface area contributed by atoms with Gasteiger partial charge in [0.1, 0.15) is 0 Å². The minimum atomic E-state index is -4.99. The smallest absolute Gasteiger partial charge is 0.340 e. The summed E-state index contributed by atoms with van der Waals surface area (Å²) < 4.78 is 50.2. The topological polar surface area (TPSA) is 57.8 Å². The van der Waals surface area contributed by atoms with E-state index in [0.29, 0.717) is 0 Å². The van der Waals surface area contributed by atoms with Crippen molar-refractivity contribution < 1.29 is 16.9 Å². The first-order valence-electron chi connectivity index (χ1n) is 7.13. The van der Waals surface area contributed by atoms with Gasteiger partial charge in [0.25, 0.3) is 10.1 Å². The predicted molar refractivity (Wildman–Crippen MR) is 93.2 cm³/mol. The molecule has 2 aromatic rings. The molecule has 2 unspecified atom stereocenters. The Morgan fingerprint density at radius 3 is 2.42 bits per heavy atom. The number of hydrogen-bond donors (Lipinski definition) is 2. The van der Waals surface area contributed by atoms with Crippen molar-refractivity contribution >= 4 is 32.9 Å². The van der Waals surface area contributed by atoms with Crippen molar-refractivity contribution in [2.24, 2.45) is 5.92 Å². The second kappa shape index (κ2) is 7.10. The number of H-pyrrole nitrogens is 1. The lowest BCUT2D eigenvalue weighted by atomic mass is 9.89. The molecule has 1 heterocycles. The standard InChI is InChI=1S/C15H18F3N3OS2/c1-10(2)15(3,23-14-19-8-9-20-14)11-4-6-12(7-5-11)21-24(18,22)13(16)17/h4-10H,1-3H3,(H,19,20)(H,21,22). The van der Waals surface area contributed by atoms with E-state index in [1.165, 1.54) is 12.1 Å². The molecule has 0 bridgehead atoms. The van der Waals surface area contributed by atoms with Gasteiger partial charge in [0.15, 0.2) is 5.16 Å². The molecule has 4 nitrogen and oxygen atoms in total. The molecule has 0 radical (unpaired) electrons. The normalized spacial score (nSPS) is 16.5. The molecule has 2 N–H and O–H groups in total. The van der Waals surface area contributed by atoms with Crippen LogP contribution in [0.5, 0.6) is 0 Å². The van der Waals surface area contributed by atoms with Crippen molar-refractivity contribution in [3.05, 3.63) is 42.2 Å². The minimum absolute atomic E-state index is 0.0214. The first-order valence-corrected chi connectivity index (χ1v) is 9.41. The van der Waals surface area contributed by atoms with Crippen LogP contribution in [0.2, 0.25) is 0 Å². The number of imidazole rings is 1. The summed E-state index contributed by atoms with van der Waals surface area (Å²) in [6.07, 6.45) is 3.39. The van der Waals surface area contributed by atoms with Gasteiger partial charge < -0.3 is 4.98 Å². The first-order chi connectivity index (χ1) is 11.1. The lowest BCUT2D eigenvalue weighted by molar-refractivity contribution is 0.484. The van der Waals surface area contributed by atoms with Gasteiger partial charge in [-0.2, -0.15) is 8.78 Å². The van der Waals surface area contributed by atoms with Crippen molar-refractivity contribution in [1.82, 2.24) is 9.97 Å². The Hall–Kier alpha value is -1.61. The van der Waals surface area contributed by atoms with Gasteiger partial charge in [-0.05, 0) is 30.5 Å². The van der Waals surface area contributed by atoms with Crippen LogP contribution in [-0.2, 0) is 14.8 Å². The van der Waals surface area contributed by atoms with Crippen LogP contribution in [0.25, 0.3) is 0 Å². The number of nitrogens with zero attached hydrogens (tertiary/aromatic N) is 1. The number of nitrogens with one attached hydrogen (secondary N) is 2. The molecular formula is C15H18F3N3OS2. The Morgan fingerprint density at radius 1 is 1.33 bits per heavy atom. The number of anilines is 1. The van der Waals surface area contributed by atoms with Gasteiger partial charge in [-0.3, -0.25) is 4.72 Å². The highest BCUT2D eigenvalue weighted by molar-refractivity contribution is 8.00. The van der Waals surface area contributed by atoms with E-state index in [1.807, 2.05) is 6.92 Å². The molecule has 0 amide bonds. The van der Waals surface area contributed by atoms with E-state index >= 15 is 0 Å². The van der Waals surface area contributed by atoms with Crippen LogP contribution < -0.4 is 4.72 Å². The molecule has 0 saturated heterocycles. The molecule has 0 saturated carbocycles. The molecule has 0 spiro atoms. The van der Waals surface area contributed by atoms with E-state index in [0.717, 1.165) is 10.7 Å². The van der Waals surface area contributed by atoms with Crippen LogP contribution in [-0.4, -0.2) is 19.5 Å². The van der Waals surface area contributed by atoms with E-state index in [2.05, 4.69) is 23.8 Å². The monoisotopic (exact) mass is 377 g/mol. The van der Waals surface area contributed by atoms with E-state index in [-0.39, 0.29) is 16.4 Å². The fourth-order valence-electron chi connectivity index (χ4n) is 2.08. The molecular weight excluding hydrogens is 359 g/mol. The summed E-state index contributed by atoms with van der Waals surface area (Å²) in [5, 5.41) is -2.01.